The van der Waals surface area contributed by atoms with E-state index in [0.29, 0.717) is 18.8 Å². The molecule has 1 amide bonds. The number of nitrogens with two attached hydrogens (primary N) is 1. The van der Waals surface area contributed by atoms with E-state index in [9.17, 15) is 4.79 Å². The van der Waals surface area contributed by atoms with Gasteiger partial charge in [0.1, 0.15) is 5.75 Å². The number of likely N-dealkylation sites (N-methyl/N-ethyl adjacent to an activating group) is 1. The van der Waals surface area contributed by atoms with E-state index in [1.165, 1.54) is 0 Å². The van der Waals surface area contributed by atoms with Crippen molar-refractivity contribution in [3.05, 3.63) is 27.7 Å². The van der Waals surface area contributed by atoms with Crippen LogP contribution >= 0.6 is 15.9 Å². The molecule has 0 aliphatic carbocycles. The van der Waals surface area contributed by atoms with Crippen molar-refractivity contribution in [2.75, 3.05) is 6.54 Å². The van der Waals surface area contributed by atoms with Gasteiger partial charge in [0.15, 0.2) is 6.10 Å². The van der Waals surface area contributed by atoms with Gasteiger partial charge in [-0.05, 0) is 38.5 Å². The number of benzene rings is 1. The minimum absolute atomic E-state index is 0.122. The fourth-order valence-corrected chi connectivity index (χ4v) is 2.29. The van der Waals surface area contributed by atoms with Gasteiger partial charge in [-0.25, -0.2) is 0 Å². The van der Waals surface area contributed by atoms with Crippen LogP contribution in [0.1, 0.15) is 25.0 Å². The molecule has 0 aromatic heterocycles. The van der Waals surface area contributed by atoms with Crippen molar-refractivity contribution in [1.29, 1.82) is 0 Å². The standard InChI is InChI=1S/C13H19BrN2O2/c1-4-16-13(17)9(3)18-12-8(2)5-11(14)6-10(12)7-15/h5-6,9H,4,7,15H2,1-3H3,(H,16,17). The maximum absolute atomic E-state index is 11.6. The van der Waals surface area contributed by atoms with Gasteiger partial charge >= 0.3 is 0 Å². The van der Waals surface area contributed by atoms with Crippen LogP contribution in [0.15, 0.2) is 16.6 Å². The van der Waals surface area contributed by atoms with Crippen LogP contribution in [0.3, 0.4) is 0 Å². The first-order valence-electron chi connectivity index (χ1n) is 5.93. The van der Waals surface area contributed by atoms with E-state index in [2.05, 4.69) is 21.2 Å². The number of hydrogen-bond acceptors (Lipinski definition) is 3. The molecule has 18 heavy (non-hydrogen) atoms. The molecule has 100 valence electrons. The number of nitrogens with one attached hydrogen (secondary N) is 1. The molecule has 0 aliphatic heterocycles. The zero-order valence-corrected chi connectivity index (χ0v) is 12.5. The Kier molecular flexibility index (Phi) is 5.62. The van der Waals surface area contributed by atoms with Gasteiger partial charge in [-0.3, -0.25) is 4.79 Å². The molecule has 0 radical (unpaired) electrons. The molecule has 1 unspecified atom stereocenters. The predicted octanol–water partition coefficient (Wildman–Crippen LogP) is 2.12. The monoisotopic (exact) mass is 314 g/mol. The highest BCUT2D eigenvalue weighted by atomic mass is 79.9. The molecule has 1 rings (SSSR count). The Labute approximate surface area is 116 Å². The summed E-state index contributed by atoms with van der Waals surface area (Å²) in [6, 6.07) is 3.85. The lowest BCUT2D eigenvalue weighted by Crippen LogP contribution is -2.36. The average Bonchev–Trinajstić information content (AvgIpc) is 2.32. The van der Waals surface area contributed by atoms with Gasteiger partial charge in [0, 0.05) is 23.1 Å². The first-order valence-corrected chi connectivity index (χ1v) is 6.72. The summed E-state index contributed by atoms with van der Waals surface area (Å²) in [5, 5.41) is 2.73. The van der Waals surface area contributed by atoms with Crippen molar-refractivity contribution in [1.82, 2.24) is 5.32 Å². The molecule has 1 atom stereocenters. The SMILES string of the molecule is CCNC(=O)C(C)Oc1c(C)cc(Br)cc1CN. The molecule has 0 fully saturated rings. The zero-order valence-electron chi connectivity index (χ0n) is 10.9. The molecule has 1 aromatic rings. The Bertz CT molecular complexity index is 435. The second-order valence-corrected chi connectivity index (χ2v) is 4.99. The first kappa shape index (κ1) is 15.0. The van der Waals surface area contributed by atoms with Crippen molar-refractivity contribution in [2.24, 2.45) is 5.73 Å². The second kappa shape index (κ2) is 6.75. The van der Waals surface area contributed by atoms with Crippen LogP contribution in [0.2, 0.25) is 0 Å². The highest BCUT2D eigenvalue weighted by Crippen LogP contribution is 2.28. The Balaban J connectivity index is 2.93. The van der Waals surface area contributed by atoms with Crippen molar-refractivity contribution < 1.29 is 9.53 Å². The van der Waals surface area contributed by atoms with Crippen LogP contribution in [0.5, 0.6) is 5.75 Å². The topological polar surface area (TPSA) is 64.3 Å². The Morgan fingerprint density at radius 3 is 2.78 bits per heavy atom. The number of hydrogen-bond donors (Lipinski definition) is 2. The second-order valence-electron chi connectivity index (χ2n) is 4.07. The molecular weight excluding hydrogens is 296 g/mol. The van der Waals surface area contributed by atoms with E-state index in [-0.39, 0.29) is 5.91 Å². The average molecular weight is 315 g/mol. The molecule has 0 heterocycles. The van der Waals surface area contributed by atoms with Gasteiger partial charge < -0.3 is 15.8 Å². The summed E-state index contributed by atoms with van der Waals surface area (Å²) in [5.74, 6) is 0.572. The van der Waals surface area contributed by atoms with Crippen LogP contribution in [-0.4, -0.2) is 18.6 Å². The molecular formula is C13H19BrN2O2. The quantitative estimate of drug-likeness (QED) is 0.875. The van der Waals surface area contributed by atoms with E-state index in [1.807, 2.05) is 26.0 Å². The van der Waals surface area contributed by atoms with Crippen LogP contribution in [-0.2, 0) is 11.3 Å². The Morgan fingerprint density at radius 1 is 1.56 bits per heavy atom. The lowest BCUT2D eigenvalue weighted by Gasteiger charge is -2.18. The normalized spacial score (nSPS) is 12.1. The molecule has 5 heteroatoms. The molecule has 0 saturated heterocycles. The maximum atomic E-state index is 11.6. The lowest BCUT2D eigenvalue weighted by atomic mass is 10.1. The van der Waals surface area contributed by atoms with Crippen LogP contribution in [0.25, 0.3) is 0 Å². The first-order chi connectivity index (χ1) is 8.49. The number of aryl methyl sites for hydroxylation is 1. The third kappa shape index (κ3) is 3.71. The Hall–Kier alpha value is -1.07. The van der Waals surface area contributed by atoms with Crippen molar-refractivity contribution in [3.8, 4) is 5.75 Å². The van der Waals surface area contributed by atoms with Gasteiger partial charge in [0.25, 0.3) is 5.91 Å². The van der Waals surface area contributed by atoms with Crippen molar-refractivity contribution in [3.63, 3.8) is 0 Å². The predicted molar refractivity (Wildman–Crippen MR) is 75.5 cm³/mol. The highest BCUT2D eigenvalue weighted by molar-refractivity contribution is 9.10. The molecule has 0 bridgehead atoms. The number of ether oxygens (including phenoxy) is 1. The van der Waals surface area contributed by atoms with Crippen LogP contribution < -0.4 is 15.8 Å². The van der Waals surface area contributed by atoms with E-state index in [0.717, 1.165) is 15.6 Å². The van der Waals surface area contributed by atoms with Crippen molar-refractivity contribution >= 4 is 21.8 Å². The molecule has 4 nitrogen and oxygen atoms in total. The third-order valence-corrected chi connectivity index (χ3v) is 3.01. The summed E-state index contributed by atoms with van der Waals surface area (Å²) >= 11 is 3.42. The molecule has 1 aromatic carbocycles. The highest BCUT2D eigenvalue weighted by Gasteiger charge is 2.17. The minimum Gasteiger partial charge on any atom is -0.480 e. The van der Waals surface area contributed by atoms with E-state index in [1.54, 1.807) is 6.92 Å². The summed E-state index contributed by atoms with van der Waals surface area (Å²) in [5.41, 5.74) is 7.54. The van der Waals surface area contributed by atoms with Gasteiger partial charge in [0.2, 0.25) is 0 Å². The number of halogens is 1. The summed E-state index contributed by atoms with van der Waals surface area (Å²) < 4.78 is 6.68. The van der Waals surface area contributed by atoms with Crippen LogP contribution in [0.4, 0.5) is 0 Å². The van der Waals surface area contributed by atoms with Gasteiger partial charge in [-0.1, -0.05) is 15.9 Å². The number of rotatable bonds is 5. The zero-order chi connectivity index (χ0) is 13.7. The number of carbonyl (C=O) groups is 1. The Morgan fingerprint density at radius 2 is 2.22 bits per heavy atom. The maximum Gasteiger partial charge on any atom is 0.260 e. The molecule has 0 saturated carbocycles. The largest absolute Gasteiger partial charge is 0.480 e. The fraction of sp³-hybridized carbons (Fsp3) is 0.462. The number of carbonyl (C=O) groups excluding carboxylic acids is 1. The van der Waals surface area contributed by atoms with Gasteiger partial charge in [0.05, 0.1) is 0 Å². The van der Waals surface area contributed by atoms with Crippen LogP contribution in [0, 0.1) is 6.92 Å². The summed E-state index contributed by atoms with van der Waals surface area (Å²) in [4.78, 5) is 11.6. The van der Waals surface area contributed by atoms with E-state index in [4.69, 9.17) is 10.5 Å². The molecule has 0 aliphatic rings. The number of amides is 1. The minimum atomic E-state index is -0.532. The third-order valence-electron chi connectivity index (χ3n) is 2.55. The summed E-state index contributed by atoms with van der Waals surface area (Å²) in [6.07, 6.45) is -0.532. The lowest BCUT2D eigenvalue weighted by molar-refractivity contribution is -0.127. The summed E-state index contributed by atoms with van der Waals surface area (Å²) in [7, 11) is 0. The molecule has 0 spiro atoms. The smallest absolute Gasteiger partial charge is 0.260 e. The van der Waals surface area contributed by atoms with Crippen molar-refractivity contribution in [2.45, 2.75) is 33.4 Å². The van der Waals surface area contributed by atoms with Gasteiger partial charge in [-0.2, -0.15) is 0 Å². The van der Waals surface area contributed by atoms with Gasteiger partial charge in [-0.15, -0.1) is 0 Å². The van der Waals surface area contributed by atoms with E-state index < -0.39 is 6.10 Å². The molecule has 3 N–H and O–H groups in total. The van der Waals surface area contributed by atoms with E-state index >= 15 is 0 Å². The fourth-order valence-electron chi connectivity index (χ4n) is 1.67. The summed E-state index contributed by atoms with van der Waals surface area (Å²) in [6.45, 7) is 6.50.